The van der Waals surface area contributed by atoms with Gasteiger partial charge in [0.15, 0.2) is 0 Å². The second-order valence-electron chi connectivity index (χ2n) is 8.95. The number of rotatable bonds is 5. The highest BCUT2D eigenvalue weighted by atomic mass is 16.2. The van der Waals surface area contributed by atoms with Gasteiger partial charge in [-0.05, 0) is 47.7 Å². The predicted octanol–water partition coefficient (Wildman–Crippen LogP) is 6.15. The number of nitrogens with one attached hydrogen (secondary N) is 1. The molecule has 4 nitrogen and oxygen atoms in total. The van der Waals surface area contributed by atoms with E-state index in [4.69, 9.17) is 0 Å². The molecule has 0 aliphatic carbocycles. The molecule has 0 spiro atoms. The molecule has 1 N–H and O–H groups in total. The molecule has 3 aromatic carbocycles. The van der Waals surface area contributed by atoms with Gasteiger partial charge in [0.05, 0.1) is 5.69 Å². The summed E-state index contributed by atoms with van der Waals surface area (Å²) in [6.07, 6.45) is 2.00. The van der Waals surface area contributed by atoms with Gasteiger partial charge in [0.1, 0.15) is 0 Å². The first-order valence-electron chi connectivity index (χ1n) is 10.6. The van der Waals surface area contributed by atoms with Gasteiger partial charge < -0.3 is 10.2 Å². The normalized spacial score (nSPS) is 13.2. The molecule has 1 aliphatic heterocycles. The molecule has 154 valence electrons. The highest BCUT2D eigenvalue weighted by molar-refractivity contribution is 6.27. The number of benzene rings is 3. The average Bonchev–Trinajstić information content (AvgIpc) is 3.00. The van der Waals surface area contributed by atoms with Crippen molar-refractivity contribution in [2.75, 3.05) is 16.8 Å². The number of carbonyl (C=O) groups excluding carboxylic acids is 2. The van der Waals surface area contributed by atoms with E-state index in [1.54, 1.807) is 0 Å². The fourth-order valence-electron chi connectivity index (χ4n) is 4.01. The van der Waals surface area contributed by atoms with Crippen molar-refractivity contribution in [1.29, 1.82) is 0 Å². The summed E-state index contributed by atoms with van der Waals surface area (Å²) in [6.45, 7) is 9.29. The monoisotopic (exact) mass is 400 g/mol. The first-order chi connectivity index (χ1) is 14.3. The first-order valence-corrected chi connectivity index (χ1v) is 10.6. The van der Waals surface area contributed by atoms with Crippen molar-refractivity contribution < 1.29 is 9.59 Å². The highest BCUT2D eigenvalue weighted by Gasteiger charge is 2.30. The number of carbonyl (C=O) groups is 2. The summed E-state index contributed by atoms with van der Waals surface area (Å²) in [5.74, 6) is -0.103. The lowest BCUT2D eigenvalue weighted by Gasteiger charge is -2.19. The van der Waals surface area contributed by atoms with E-state index in [0.717, 1.165) is 35.0 Å². The maximum Gasteiger partial charge on any atom is 0.258 e. The van der Waals surface area contributed by atoms with Crippen LogP contribution in [-0.4, -0.2) is 18.4 Å². The van der Waals surface area contributed by atoms with Crippen LogP contribution in [0.5, 0.6) is 0 Å². The Kier molecular flexibility index (Phi) is 5.10. The molecular weight excluding hydrogens is 372 g/mol. The van der Waals surface area contributed by atoms with Crippen molar-refractivity contribution in [1.82, 2.24) is 0 Å². The van der Waals surface area contributed by atoms with Gasteiger partial charge in [0.25, 0.3) is 11.8 Å². The van der Waals surface area contributed by atoms with E-state index in [2.05, 4.69) is 33.0 Å². The van der Waals surface area contributed by atoms with E-state index < -0.39 is 0 Å². The third-order valence-electron chi connectivity index (χ3n) is 5.78. The standard InChI is InChI=1S/C26H28N2O2/c1-5-6-16-28-22-15-14-21(19-8-7-9-20(23(19)22)25(28)30)27-24(29)17-10-12-18(13-11-17)26(2,3)4/h7-15H,5-6,16H2,1-4H3,(H,27,29). The van der Waals surface area contributed by atoms with Gasteiger partial charge in [-0.2, -0.15) is 0 Å². The maximum absolute atomic E-state index is 12.9. The number of amides is 2. The van der Waals surface area contributed by atoms with Crippen molar-refractivity contribution in [2.45, 2.75) is 46.0 Å². The van der Waals surface area contributed by atoms with E-state index in [-0.39, 0.29) is 17.2 Å². The van der Waals surface area contributed by atoms with Crippen LogP contribution in [0.15, 0.2) is 54.6 Å². The number of unbranched alkanes of at least 4 members (excludes halogenated alkanes) is 1. The van der Waals surface area contributed by atoms with Crippen LogP contribution in [-0.2, 0) is 5.41 Å². The maximum atomic E-state index is 12.9. The summed E-state index contributed by atoms with van der Waals surface area (Å²) in [4.78, 5) is 27.6. The van der Waals surface area contributed by atoms with Crippen LogP contribution in [0.2, 0.25) is 0 Å². The van der Waals surface area contributed by atoms with Crippen LogP contribution >= 0.6 is 0 Å². The van der Waals surface area contributed by atoms with Gasteiger partial charge >= 0.3 is 0 Å². The molecule has 4 rings (SSSR count). The Labute approximate surface area is 177 Å². The third-order valence-corrected chi connectivity index (χ3v) is 5.78. The largest absolute Gasteiger partial charge is 0.321 e. The fourth-order valence-corrected chi connectivity index (χ4v) is 4.01. The van der Waals surface area contributed by atoms with Gasteiger partial charge in [0, 0.05) is 34.1 Å². The summed E-state index contributed by atoms with van der Waals surface area (Å²) in [5, 5.41) is 4.88. The second-order valence-corrected chi connectivity index (χ2v) is 8.95. The number of anilines is 2. The molecular formula is C26H28N2O2. The summed E-state index contributed by atoms with van der Waals surface area (Å²) >= 11 is 0. The molecule has 0 bridgehead atoms. The molecule has 0 saturated carbocycles. The van der Waals surface area contributed by atoms with E-state index >= 15 is 0 Å². The van der Waals surface area contributed by atoms with Crippen LogP contribution < -0.4 is 10.2 Å². The van der Waals surface area contributed by atoms with Gasteiger partial charge in [-0.25, -0.2) is 0 Å². The van der Waals surface area contributed by atoms with Crippen LogP contribution in [0, 0.1) is 0 Å². The van der Waals surface area contributed by atoms with Crippen molar-refractivity contribution in [3.05, 3.63) is 71.3 Å². The fraction of sp³-hybridized carbons (Fsp3) is 0.308. The molecule has 0 fully saturated rings. The number of hydrogen-bond donors (Lipinski definition) is 1. The minimum absolute atomic E-state index is 0.0445. The Morgan fingerprint density at radius 3 is 2.40 bits per heavy atom. The molecule has 0 unspecified atom stereocenters. The lowest BCUT2D eigenvalue weighted by Crippen LogP contribution is -2.27. The topological polar surface area (TPSA) is 49.4 Å². The Hall–Kier alpha value is -3.14. The third kappa shape index (κ3) is 3.47. The van der Waals surface area contributed by atoms with Crippen LogP contribution in [0.1, 0.15) is 66.8 Å². The van der Waals surface area contributed by atoms with Crippen molar-refractivity contribution >= 4 is 34.0 Å². The molecule has 1 heterocycles. The zero-order chi connectivity index (χ0) is 21.5. The average molecular weight is 401 g/mol. The van der Waals surface area contributed by atoms with Gasteiger partial charge in [-0.15, -0.1) is 0 Å². The molecule has 30 heavy (non-hydrogen) atoms. The van der Waals surface area contributed by atoms with Gasteiger partial charge in [0.2, 0.25) is 0 Å². The van der Waals surface area contributed by atoms with Crippen LogP contribution in [0.3, 0.4) is 0 Å². The summed E-state index contributed by atoms with van der Waals surface area (Å²) in [7, 11) is 0. The predicted molar refractivity (Wildman–Crippen MR) is 124 cm³/mol. The van der Waals surface area contributed by atoms with Gasteiger partial charge in [-0.1, -0.05) is 58.4 Å². The molecule has 0 saturated heterocycles. The minimum Gasteiger partial charge on any atom is -0.321 e. The van der Waals surface area contributed by atoms with Gasteiger partial charge in [-0.3, -0.25) is 9.59 Å². The SMILES string of the molecule is CCCCN1C(=O)c2cccc3c(NC(=O)c4ccc(C(C)(C)C)cc4)ccc1c23. The van der Waals surface area contributed by atoms with Crippen LogP contribution in [0.4, 0.5) is 11.4 Å². The molecule has 3 aromatic rings. The Morgan fingerprint density at radius 1 is 1.00 bits per heavy atom. The smallest absolute Gasteiger partial charge is 0.258 e. The molecule has 1 aliphatic rings. The van der Waals surface area contributed by atoms with Crippen molar-refractivity contribution in [3.8, 4) is 0 Å². The Bertz CT molecular complexity index is 1120. The van der Waals surface area contributed by atoms with E-state index in [1.807, 2.05) is 59.5 Å². The summed E-state index contributed by atoms with van der Waals surface area (Å²) in [5.41, 5.74) is 4.23. The van der Waals surface area contributed by atoms with Crippen molar-refractivity contribution in [3.63, 3.8) is 0 Å². The first kappa shape index (κ1) is 20.1. The second kappa shape index (κ2) is 7.60. The molecule has 4 heteroatoms. The molecule has 0 aromatic heterocycles. The Morgan fingerprint density at radius 2 is 1.73 bits per heavy atom. The zero-order valence-corrected chi connectivity index (χ0v) is 18.1. The minimum atomic E-state index is -0.150. The summed E-state index contributed by atoms with van der Waals surface area (Å²) in [6, 6.07) is 17.3. The quantitative estimate of drug-likeness (QED) is 0.558. The molecule has 0 radical (unpaired) electrons. The highest BCUT2D eigenvalue weighted by Crippen LogP contribution is 2.40. The molecule has 0 atom stereocenters. The number of hydrogen-bond acceptors (Lipinski definition) is 2. The molecule has 2 amide bonds. The van der Waals surface area contributed by atoms with E-state index in [1.165, 1.54) is 5.56 Å². The number of nitrogens with zero attached hydrogens (tertiary/aromatic N) is 1. The lowest BCUT2D eigenvalue weighted by atomic mass is 9.86. The Balaban J connectivity index is 1.66. The van der Waals surface area contributed by atoms with E-state index in [9.17, 15) is 9.59 Å². The lowest BCUT2D eigenvalue weighted by molar-refractivity contribution is 0.0991. The summed E-state index contributed by atoms with van der Waals surface area (Å²) < 4.78 is 0. The van der Waals surface area contributed by atoms with E-state index in [0.29, 0.717) is 17.7 Å². The van der Waals surface area contributed by atoms with Crippen LogP contribution in [0.25, 0.3) is 10.8 Å². The zero-order valence-electron chi connectivity index (χ0n) is 18.1. The van der Waals surface area contributed by atoms with Crippen molar-refractivity contribution in [2.24, 2.45) is 0 Å².